The van der Waals surface area contributed by atoms with Crippen molar-refractivity contribution in [3.05, 3.63) is 23.7 Å². The normalized spacial score (nSPS) is 17.0. The smallest absolute Gasteiger partial charge is 0.373 e. The number of nitrogens with one attached hydrogen (secondary N) is 1. The van der Waals surface area contributed by atoms with Gasteiger partial charge in [0.15, 0.2) is 0 Å². The fraction of sp³-hybridized carbons (Fsp3) is 0.688. The molecule has 1 N–H and O–H groups in total. The highest BCUT2D eigenvalue weighted by Gasteiger charge is 2.14. The highest BCUT2D eigenvalue weighted by molar-refractivity contribution is 5.86. The number of furan rings is 1. The molecule has 5 heteroatoms. The van der Waals surface area contributed by atoms with Gasteiger partial charge in [-0.2, -0.15) is 0 Å². The number of nitrogens with zero attached hydrogens (tertiary/aromatic N) is 1. The van der Waals surface area contributed by atoms with Gasteiger partial charge in [-0.05, 0) is 63.5 Å². The maximum Gasteiger partial charge on any atom is 0.373 e. The van der Waals surface area contributed by atoms with E-state index in [1.54, 1.807) is 6.07 Å². The molecule has 0 bridgehead atoms. The van der Waals surface area contributed by atoms with Crippen molar-refractivity contribution < 1.29 is 13.9 Å². The predicted octanol–water partition coefficient (Wildman–Crippen LogP) is 2.28. The number of carbonyl (C=O) groups excluding carboxylic acids is 1. The zero-order valence-electron chi connectivity index (χ0n) is 13.1. The minimum Gasteiger partial charge on any atom is -0.463 e. The van der Waals surface area contributed by atoms with Gasteiger partial charge in [0.1, 0.15) is 5.76 Å². The molecule has 0 aromatic carbocycles. The van der Waals surface area contributed by atoms with Crippen LogP contribution in [0.25, 0.3) is 0 Å². The quantitative estimate of drug-likeness (QED) is 0.617. The van der Waals surface area contributed by atoms with Crippen molar-refractivity contribution in [2.24, 2.45) is 5.92 Å². The molecule has 2 rings (SSSR count). The maximum absolute atomic E-state index is 11.3. The Morgan fingerprint density at radius 3 is 2.90 bits per heavy atom. The molecular formula is C16H26N2O3. The van der Waals surface area contributed by atoms with Gasteiger partial charge in [-0.1, -0.05) is 6.92 Å². The van der Waals surface area contributed by atoms with Gasteiger partial charge >= 0.3 is 5.97 Å². The average Bonchev–Trinajstić information content (AvgIpc) is 2.97. The third-order valence-electron chi connectivity index (χ3n) is 4.05. The van der Waals surface area contributed by atoms with Gasteiger partial charge in [-0.3, -0.25) is 0 Å². The fourth-order valence-corrected chi connectivity index (χ4v) is 2.61. The summed E-state index contributed by atoms with van der Waals surface area (Å²) >= 11 is 0. The summed E-state index contributed by atoms with van der Waals surface area (Å²) in [4.78, 5) is 13.8. The Kier molecular flexibility index (Phi) is 6.26. The van der Waals surface area contributed by atoms with E-state index >= 15 is 0 Å². The van der Waals surface area contributed by atoms with E-state index in [0.29, 0.717) is 6.54 Å². The fourth-order valence-electron chi connectivity index (χ4n) is 2.61. The van der Waals surface area contributed by atoms with Gasteiger partial charge in [0, 0.05) is 0 Å². The highest BCUT2D eigenvalue weighted by Crippen LogP contribution is 2.15. The van der Waals surface area contributed by atoms with Crippen LogP contribution in [0.5, 0.6) is 0 Å². The first-order valence-corrected chi connectivity index (χ1v) is 7.79. The summed E-state index contributed by atoms with van der Waals surface area (Å²) in [6.45, 7) is 7.58. The Morgan fingerprint density at radius 2 is 2.19 bits per heavy atom. The van der Waals surface area contributed by atoms with Crippen LogP contribution in [0.1, 0.15) is 42.5 Å². The summed E-state index contributed by atoms with van der Waals surface area (Å²) in [6, 6.07) is 3.46. The van der Waals surface area contributed by atoms with Gasteiger partial charge < -0.3 is 19.4 Å². The van der Waals surface area contributed by atoms with Crippen LogP contribution in [-0.4, -0.2) is 44.2 Å². The van der Waals surface area contributed by atoms with Crippen molar-refractivity contribution in [3.63, 3.8) is 0 Å². The van der Waals surface area contributed by atoms with Crippen molar-refractivity contribution in [3.8, 4) is 0 Å². The highest BCUT2D eigenvalue weighted by atomic mass is 16.5. The first-order chi connectivity index (χ1) is 10.2. The van der Waals surface area contributed by atoms with Gasteiger partial charge in [-0.25, -0.2) is 4.79 Å². The molecule has 1 aromatic rings. The SMILES string of the molecule is COC(=O)c1ccc(CNCCCN2CCC(C)CC2)o1. The number of likely N-dealkylation sites (tertiary alicyclic amines) is 1. The molecule has 0 spiro atoms. The Labute approximate surface area is 126 Å². The Morgan fingerprint density at radius 1 is 1.43 bits per heavy atom. The molecule has 1 aliphatic heterocycles. The third kappa shape index (κ3) is 5.17. The second-order valence-electron chi connectivity index (χ2n) is 5.81. The van der Waals surface area contributed by atoms with Crippen LogP contribution in [0.2, 0.25) is 0 Å². The molecule has 0 saturated carbocycles. The monoisotopic (exact) mass is 294 g/mol. The van der Waals surface area contributed by atoms with Crippen LogP contribution in [-0.2, 0) is 11.3 Å². The van der Waals surface area contributed by atoms with E-state index in [1.165, 1.54) is 33.0 Å². The van der Waals surface area contributed by atoms with Gasteiger partial charge in [0.2, 0.25) is 5.76 Å². The van der Waals surface area contributed by atoms with E-state index in [4.69, 9.17) is 4.42 Å². The average molecular weight is 294 g/mol. The van der Waals surface area contributed by atoms with E-state index < -0.39 is 5.97 Å². The molecule has 1 saturated heterocycles. The number of hydrogen-bond acceptors (Lipinski definition) is 5. The summed E-state index contributed by atoms with van der Waals surface area (Å²) in [5.41, 5.74) is 0. The summed E-state index contributed by atoms with van der Waals surface area (Å²) in [5.74, 6) is 1.49. The van der Waals surface area contributed by atoms with Crippen molar-refractivity contribution in [2.45, 2.75) is 32.7 Å². The number of ether oxygens (including phenoxy) is 1. The molecule has 118 valence electrons. The van der Waals surface area contributed by atoms with E-state index in [9.17, 15) is 4.79 Å². The van der Waals surface area contributed by atoms with Crippen LogP contribution >= 0.6 is 0 Å². The maximum atomic E-state index is 11.3. The molecule has 0 unspecified atom stereocenters. The lowest BCUT2D eigenvalue weighted by Crippen LogP contribution is -2.34. The molecule has 0 aliphatic carbocycles. The summed E-state index contributed by atoms with van der Waals surface area (Å²) < 4.78 is 10.0. The third-order valence-corrected chi connectivity index (χ3v) is 4.05. The van der Waals surface area contributed by atoms with Crippen LogP contribution < -0.4 is 5.32 Å². The summed E-state index contributed by atoms with van der Waals surface area (Å²) in [5, 5.41) is 3.35. The molecule has 21 heavy (non-hydrogen) atoms. The number of esters is 1. The number of piperidine rings is 1. The molecule has 0 amide bonds. The largest absolute Gasteiger partial charge is 0.463 e. The van der Waals surface area contributed by atoms with Gasteiger partial charge in [0.05, 0.1) is 13.7 Å². The van der Waals surface area contributed by atoms with Crippen molar-refractivity contribution in [1.29, 1.82) is 0 Å². The zero-order chi connectivity index (χ0) is 15.1. The van der Waals surface area contributed by atoms with Crippen molar-refractivity contribution >= 4 is 5.97 Å². The molecule has 2 heterocycles. The molecule has 1 aromatic heterocycles. The van der Waals surface area contributed by atoms with Crippen LogP contribution in [0, 0.1) is 5.92 Å². The second kappa shape index (κ2) is 8.20. The van der Waals surface area contributed by atoms with Crippen molar-refractivity contribution in [2.75, 3.05) is 33.3 Å². The molecule has 0 atom stereocenters. The van der Waals surface area contributed by atoms with Crippen LogP contribution in [0.3, 0.4) is 0 Å². The van der Waals surface area contributed by atoms with E-state index in [1.807, 2.05) is 6.07 Å². The van der Waals surface area contributed by atoms with E-state index in [2.05, 4.69) is 21.9 Å². The lowest BCUT2D eigenvalue weighted by molar-refractivity contribution is 0.0563. The molecule has 1 fully saturated rings. The minimum atomic E-state index is -0.430. The zero-order valence-corrected chi connectivity index (χ0v) is 13.1. The van der Waals surface area contributed by atoms with Crippen LogP contribution in [0.4, 0.5) is 0 Å². The van der Waals surface area contributed by atoms with E-state index in [-0.39, 0.29) is 5.76 Å². The lowest BCUT2D eigenvalue weighted by Gasteiger charge is -2.30. The van der Waals surface area contributed by atoms with Gasteiger partial charge in [0.25, 0.3) is 0 Å². The molecular weight excluding hydrogens is 268 g/mol. The summed E-state index contributed by atoms with van der Waals surface area (Å²) in [6.07, 6.45) is 3.80. The van der Waals surface area contributed by atoms with Crippen LogP contribution in [0.15, 0.2) is 16.5 Å². The summed E-state index contributed by atoms with van der Waals surface area (Å²) in [7, 11) is 1.35. The first kappa shape index (κ1) is 16.0. The van der Waals surface area contributed by atoms with Crippen molar-refractivity contribution in [1.82, 2.24) is 10.2 Å². The standard InChI is InChI=1S/C16H26N2O3/c1-13-6-10-18(11-7-13)9-3-8-17-12-14-4-5-15(21-14)16(19)20-2/h4-5,13,17H,3,6-12H2,1-2H3. The van der Waals surface area contributed by atoms with E-state index in [0.717, 1.165) is 31.2 Å². The minimum absolute atomic E-state index is 0.261. The predicted molar refractivity (Wildman–Crippen MR) is 81.2 cm³/mol. The number of carbonyl (C=O) groups is 1. The molecule has 1 aliphatic rings. The lowest BCUT2D eigenvalue weighted by atomic mass is 9.99. The molecule has 5 nitrogen and oxygen atoms in total. The molecule has 0 radical (unpaired) electrons. The Balaban J connectivity index is 1.57. The topological polar surface area (TPSA) is 54.7 Å². The number of rotatable bonds is 7. The van der Waals surface area contributed by atoms with Gasteiger partial charge in [-0.15, -0.1) is 0 Å². The Bertz CT molecular complexity index is 436. The second-order valence-corrected chi connectivity index (χ2v) is 5.81. The number of methoxy groups -OCH3 is 1. The first-order valence-electron chi connectivity index (χ1n) is 7.79. The Hall–Kier alpha value is -1.33. The number of hydrogen-bond donors (Lipinski definition) is 1.